The highest BCUT2D eigenvalue weighted by atomic mass is 32.1. The molecule has 1 N–H and O–H groups in total. The highest BCUT2D eigenvalue weighted by Gasteiger charge is 2.42. The monoisotopic (exact) mass is 523 g/mol. The third-order valence-corrected chi connectivity index (χ3v) is 7.86. The standard InChI is InChI=1S/C31H33N5OS/c1-34(2)22-12-14-23(15-13-22)35-21-7-11-28(35)30-29(27-10-5-6-20-32-27)33-31(38)36(30)24-16-18-26(19-17-24)37-25-8-3-4-9-25/h5-7,10-21,25,29-30H,3-4,8-9H2,1-2H3,(H,33,38)/t29-,30-/m0/s1. The Morgan fingerprint density at radius 1 is 0.895 bits per heavy atom. The van der Waals surface area contributed by atoms with Crippen molar-refractivity contribution in [3.63, 3.8) is 0 Å². The fraction of sp³-hybridized carbons (Fsp3) is 0.290. The van der Waals surface area contributed by atoms with Crippen molar-refractivity contribution in [3.05, 3.63) is 103 Å². The predicted molar refractivity (Wildman–Crippen MR) is 157 cm³/mol. The minimum atomic E-state index is -0.104. The van der Waals surface area contributed by atoms with E-state index in [-0.39, 0.29) is 12.1 Å². The number of thiocarbonyl (C=S) groups is 1. The molecule has 1 aliphatic carbocycles. The molecule has 2 aromatic heterocycles. The molecule has 1 saturated heterocycles. The molecule has 0 bridgehead atoms. The van der Waals surface area contributed by atoms with Crippen molar-refractivity contribution >= 4 is 28.7 Å². The Kier molecular flexibility index (Phi) is 6.77. The first-order valence-electron chi connectivity index (χ1n) is 13.3. The van der Waals surface area contributed by atoms with Gasteiger partial charge < -0.3 is 24.4 Å². The second kappa shape index (κ2) is 10.5. The van der Waals surface area contributed by atoms with Crippen LogP contribution in [-0.4, -0.2) is 34.9 Å². The van der Waals surface area contributed by atoms with E-state index in [9.17, 15) is 0 Å². The Balaban J connectivity index is 1.38. The van der Waals surface area contributed by atoms with E-state index in [0.29, 0.717) is 11.2 Å². The zero-order valence-corrected chi connectivity index (χ0v) is 22.6. The van der Waals surface area contributed by atoms with Crippen LogP contribution in [0.25, 0.3) is 5.69 Å². The molecule has 6 rings (SSSR count). The smallest absolute Gasteiger partial charge is 0.174 e. The van der Waals surface area contributed by atoms with E-state index < -0.39 is 0 Å². The maximum absolute atomic E-state index is 6.23. The number of aromatic nitrogens is 2. The van der Waals surface area contributed by atoms with Crippen LogP contribution in [0.4, 0.5) is 11.4 Å². The van der Waals surface area contributed by atoms with Gasteiger partial charge in [0.1, 0.15) is 11.8 Å². The Bertz CT molecular complexity index is 1380. The Morgan fingerprint density at radius 2 is 1.63 bits per heavy atom. The summed E-state index contributed by atoms with van der Waals surface area (Å²) >= 11 is 5.95. The van der Waals surface area contributed by atoms with Crippen molar-refractivity contribution in [2.24, 2.45) is 0 Å². The number of hydrogen-bond acceptors (Lipinski definition) is 4. The topological polar surface area (TPSA) is 45.6 Å². The lowest BCUT2D eigenvalue weighted by Crippen LogP contribution is -2.30. The summed E-state index contributed by atoms with van der Waals surface area (Å²) < 4.78 is 8.48. The average molecular weight is 524 g/mol. The first-order valence-corrected chi connectivity index (χ1v) is 13.7. The van der Waals surface area contributed by atoms with Gasteiger partial charge in [-0.15, -0.1) is 0 Å². The molecule has 194 valence electrons. The number of pyridine rings is 1. The number of benzene rings is 2. The quantitative estimate of drug-likeness (QED) is 0.282. The molecule has 1 aliphatic heterocycles. The second-order valence-electron chi connectivity index (χ2n) is 10.2. The van der Waals surface area contributed by atoms with Crippen LogP contribution in [0.2, 0.25) is 0 Å². The summed E-state index contributed by atoms with van der Waals surface area (Å²) in [6.07, 6.45) is 9.08. The lowest BCUT2D eigenvalue weighted by atomic mass is 10.0. The Morgan fingerprint density at radius 3 is 2.32 bits per heavy atom. The zero-order valence-electron chi connectivity index (χ0n) is 21.8. The molecule has 7 heteroatoms. The minimum absolute atomic E-state index is 0.0949. The predicted octanol–water partition coefficient (Wildman–Crippen LogP) is 6.44. The highest BCUT2D eigenvalue weighted by Crippen LogP contribution is 2.42. The number of hydrogen-bond donors (Lipinski definition) is 1. The van der Waals surface area contributed by atoms with Gasteiger partial charge in [0.2, 0.25) is 0 Å². The van der Waals surface area contributed by atoms with E-state index in [1.807, 2.05) is 18.3 Å². The van der Waals surface area contributed by atoms with Crippen molar-refractivity contribution < 1.29 is 4.74 Å². The molecule has 3 heterocycles. The number of nitrogens with one attached hydrogen (secondary N) is 1. The molecule has 2 aromatic carbocycles. The minimum Gasteiger partial charge on any atom is -0.490 e. The van der Waals surface area contributed by atoms with Crippen molar-refractivity contribution in [2.75, 3.05) is 23.9 Å². The summed E-state index contributed by atoms with van der Waals surface area (Å²) in [6, 6.07) is 27.1. The normalized spacial score (nSPS) is 19.5. The summed E-state index contributed by atoms with van der Waals surface area (Å²) in [5.74, 6) is 0.918. The average Bonchev–Trinajstić information content (AvgIpc) is 3.70. The molecule has 2 aliphatic rings. The van der Waals surface area contributed by atoms with Gasteiger partial charge >= 0.3 is 0 Å². The molecule has 2 atom stereocenters. The van der Waals surface area contributed by atoms with Gasteiger partial charge in [-0.1, -0.05) is 6.07 Å². The van der Waals surface area contributed by atoms with Gasteiger partial charge in [0.15, 0.2) is 5.11 Å². The van der Waals surface area contributed by atoms with Crippen molar-refractivity contribution in [1.82, 2.24) is 14.9 Å². The van der Waals surface area contributed by atoms with Gasteiger partial charge in [-0.2, -0.15) is 0 Å². The van der Waals surface area contributed by atoms with Crippen molar-refractivity contribution in [3.8, 4) is 11.4 Å². The van der Waals surface area contributed by atoms with Crippen LogP contribution in [0.1, 0.15) is 49.2 Å². The van der Waals surface area contributed by atoms with Crippen LogP contribution in [-0.2, 0) is 0 Å². The SMILES string of the molecule is CN(C)c1ccc(-n2cccc2[C@H]2[C@H](c3ccccn3)NC(=S)N2c2ccc(OC3CCCC3)cc2)cc1. The van der Waals surface area contributed by atoms with Gasteiger partial charge in [0.05, 0.1) is 17.8 Å². The van der Waals surface area contributed by atoms with Crippen LogP contribution in [0.15, 0.2) is 91.3 Å². The fourth-order valence-corrected chi connectivity index (χ4v) is 5.94. The molecule has 0 radical (unpaired) electrons. The maximum atomic E-state index is 6.23. The zero-order chi connectivity index (χ0) is 26.1. The highest BCUT2D eigenvalue weighted by molar-refractivity contribution is 7.80. The third kappa shape index (κ3) is 4.74. The number of nitrogens with zero attached hydrogens (tertiary/aromatic N) is 4. The van der Waals surface area contributed by atoms with Gasteiger partial charge in [-0.3, -0.25) is 4.98 Å². The summed E-state index contributed by atoms with van der Waals surface area (Å²) in [6.45, 7) is 0. The summed E-state index contributed by atoms with van der Waals surface area (Å²) in [4.78, 5) is 9.03. The summed E-state index contributed by atoms with van der Waals surface area (Å²) in [5.41, 5.74) is 5.39. The molecule has 4 aromatic rings. The lowest BCUT2D eigenvalue weighted by Gasteiger charge is -2.29. The fourth-order valence-electron chi connectivity index (χ4n) is 5.60. The molecule has 0 spiro atoms. The molecule has 0 amide bonds. The molecule has 38 heavy (non-hydrogen) atoms. The molecule has 1 saturated carbocycles. The van der Waals surface area contributed by atoms with E-state index in [1.165, 1.54) is 18.5 Å². The van der Waals surface area contributed by atoms with Crippen LogP contribution in [0.3, 0.4) is 0 Å². The summed E-state index contributed by atoms with van der Waals surface area (Å²) in [5, 5.41) is 4.26. The molecular formula is C31H33N5OS. The maximum Gasteiger partial charge on any atom is 0.174 e. The first-order chi connectivity index (χ1) is 18.6. The van der Waals surface area contributed by atoms with Crippen LogP contribution in [0, 0.1) is 0 Å². The van der Waals surface area contributed by atoms with Crippen molar-refractivity contribution in [2.45, 2.75) is 43.9 Å². The number of anilines is 2. The van der Waals surface area contributed by atoms with Gasteiger partial charge in [0, 0.05) is 49.2 Å². The molecular weight excluding hydrogens is 490 g/mol. The molecule has 0 unspecified atom stereocenters. The second-order valence-corrected chi connectivity index (χ2v) is 10.6. The van der Waals surface area contributed by atoms with E-state index >= 15 is 0 Å². The lowest BCUT2D eigenvalue weighted by molar-refractivity contribution is 0.210. The number of ether oxygens (including phenoxy) is 1. The third-order valence-electron chi connectivity index (χ3n) is 7.55. The largest absolute Gasteiger partial charge is 0.490 e. The molecule has 6 nitrogen and oxygen atoms in total. The van der Waals surface area contributed by atoms with Gasteiger partial charge in [-0.05, 0) is 111 Å². The Hall–Kier alpha value is -3.84. The van der Waals surface area contributed by atoms with E-state index in [1.54, 1.807) is 0 Å². The summed E-state index contributed by atoms with van der Waals surface area (Å²) in [7, 11) is 4.11. The van der Waals surface area contributed by atoms with E-state index in [4.69, 9.17) is 21.9 Å². The molecule has 2 fully saturated rings. The van der Waals surface area contributed by atoms with E-state index in [0.717, 1.165) is 41.4 Å². The van der Waals surface area contributed by atoms with Crippen LogP contribution >= 0.6 is 12.2 Å². The first kappa shape index (κ1) is 24.5. The van der Waals surface area contributed by atoms with Gasteiger partial charge in [-0.25, -0.2) is 0 Å². The van der Waals surface area contributed by atoms with Gasteiger partial charge in [0.25, 0.3) is 0 Å². The van der Waals surface area contributed by atoms with Crippen LogP contribution < -0.4 is 19.9 Å². The van der Waals surface area contributed by atoms with Crippen molar-refractivity contribution in [1.29, 1.82) is 0 Å². The number of rotatable bonds is 7. The Labute approximate surface area is 229 Å². The van der Waals surface area contributed by atoms with Crippen LogP contribution in [0.5, 0.6) is 5.75 Å². The van der Waals surface area contributed by atoms with E-state index in [2.05, 4.69) is 107 Å².